The highest BCUT2D eigenvalue weighted by molar-refractivity contribution is 6.30. The molecule has 1 heterocycles. The molecular weight excluding hydrogens is 391 g/mol. The van der Waals surface area contributed by atoms with Crippen LogP contribution in [0, 0.1) is 5.92 Å². The number of likely N-dealkylation sites (tertiary alicyclic amines) is 1. The van der Waals surface area contributed by atoms with E-state index in [9.17, 15) is 4.79 Å². The van der Waals surface area contributed by atoms with E-state index in [4.69, 9.17) is 23.2 Å². The van der Waals surface area contributed by atoms with Gasteiger partial charge in [0.25, 0.3) is 0 Å². The number of nitrogens with one attached hydrogen (secondary N) is 1. The summed E-state index contributed by atoms with van der Waals surface area (Å²) in [7, 11) is 2.11. The lowest BCUT2D eigenvalue weighted by Gasteiger charge is -2.31. The molecule has 1 amide bonds. The minimum Gasteiger partial charge on any atom is -0.353 e. The maximum absolute atomic E-state index is 12.8. The zero-order chi connectivity index (χ0) is 20.1. The monoisotopic (exact) mass is 418 g/mol. The summed E-state index contributed by atoms with van der Waals surface area (Å²) in [6.45, 7) is 4.07. The fourth-order valence-corrected chi connectivity index (χ4v) is 4.13. The van der Waals surface area contributed by atoms with Crippen molar-refractivity contribution >= 4 is 29.1 Å². The van der Waals surface area contributed by atoms with Crippen molar-refractivity contribution in [1.29, 1.82) is 0 Å². The lowest BCUT2D eigenvalue weighted by atomic mass is 9.86. The van der Waals surface area contributed by atoms with Gasteiger partial charge in [0.2, 0.25) is 5.91 Å². The fraction of sp³-hybridized carbons (Fsp3) is 0.435. The molecule has 3 rings (SSSR count). The average Bonchev–Trinajstić information content (AvgIpc) is 2.68. The predicted octanol–water partition coefficient (Wildman–Crippen LogP) is 5.17. The van der Waals surface area contributed by atoms with Crippen LogP contribution in [-0.2, 0) is 11.2 Å². The number of carbonyl (C=O) groups excluding carboxylic acids is 1. The Kier molecular flexibility index (Phi) is 7.39. The molecule has 0 aliphatic carbocycles. The van der Waals surface area contributed by atoms with Crippen molar-refractivity contribution in [1.82, 2.24) is 10.2 Å². The quantitative estimate of drug-likeness (QED) is 0.701. The molecule has 0 spiro atoms. The summed E-state index contributed by atoms with van der Waals surface area (Å²) in [5, 5.41) is 4.74. The van der Waals surface area contributed by atoms with E-state index < -0.39 is 0 Å². The van der Waals surface area contributed by atoms with E-state index in [1.54, 1.807) is 0 Å². The second-order valence-corrected chi connectivity index (χ2v) is 8.74. The fourth-order valence-electron chi connectivity index (χ4n) is 3.88. The largest absolute Gasteiger partial charge is 0.353 e. The number of rotatable bonds is 6. The Bertz CT molecular complexity index is 768. The van der Waals surface area contributed by atoms with Crippen molar-refractivity contribution in [3.8, 4) is 0 Å². The Hall–Kier alpha value is -1.55. The minimum atomic E-state index is 0.0176. The van der Waals surface area contributed by atoms with Gasteiger partial charge in [-0.3, -0.25) is 4.79 Å². The Morgan fingerprint density at radius 2 is 1.57 bits per heavy atom. The predicted molar refractivity (Wildman–Crippen MR) is 117 cm³/mol. The van der Waals surface area contributed by atoms with E-state index >= 15 is 0 Å². The van der Waals surface area contributed by atoms with Gasteiger partial charge in [-0.05, 0) is 81.7 Å². The maximum atomic E-state index is 12.8. The molecule has 2 aromatic carbocycles. The van der Waals surface area contributed by atoms with Crippen molar-refractivity contribution < 1.29 is 4.79 Å². The van der Waals surface area contributed by atoms with E-state index in [1.807, 2.05) is 24.3 Å². The van der Waals surface area contributed by atoms with Crippen LogP contribution in [0.5, 0.6) is 0 Å². The van der Waals surface area contributed by atoms with Crippen LogP contribution in [0.15, 0.2) is 48.5 Å². The summed E-state index contributed by atoms with van der Waals surface area (Å²) < 4.78 is 0. The number of carbonyl (C=O) groups is 1. The van der Waals surface area contributed by atoms with Gasteiger partial charge in [-0.2, -0.15) is 0 Å². The molecule has 2 aromatic rings. The van der Waals surface area contributed by atoms with Gasteiger partial charge in [0.05, 0.1) is 0 Å². The number of halogens is 2. The first-order chi connectivity index (χ1) is 13.4. The van der Waals surface area contributed by atoms with E-state index in [0.29, 0.717) is 0 Å². The van der Waals surface area contributed by atoms with Gasteiger partial charge in [-0.1, -0.05) is 47.5 Å². The number of hydrogen-bond acceptors (Lipinski definition) is 2. The SMILES string of the molecule is C[C@@H](NC(=O)C1CCN(C)CC1)[C@H](Cc1ccc(Cl)cc1)c1ccc(Cl)cc1. The van der Waals surface area contributed by atoms with E-state index in [-0.39, 0.29) is 23.8 Å². The summed E-state index contributed by atoms with van der Waals surface area (Å²) in [6.07, 6.45) is 2.68. The van der Waals surface area contributed by atoms with Gasteiger partial charge in [0.1, 0.15) is 0 Å². The van der Waals surface area contributed by atoms with Crippen LogP contribution < -0.4 is 5.32 Å². The molecular formula is C23H28Cl2N2O. The van der Waals surface area contributed by atoms with Gasteiger partial charge in [0, 0.05) is 27.9 Å². The standard InChI is InChI=1S/C23H28Cl2N2O/c1-16(26-23(28)19-11-13-27(2)14-12-19)22(18-5-9-21(25)10-6-18)15-17-3-7-20(24)8-4-17/h3-10,16,19,22H,11-15H2,1-2H3,(H,26,28)/t16-,22+/m1/s1. The number of piperidine rings is 1. The highest BCUT2D eigenvalue weighted by Gasteiger charge is 2.27. The van der Waals surface area contributed by atoms with Gasteiger partial charge in [-0.15, -0.1) is 0 Å². The van der Waals surface area contributed by atoms with Gasteiger partial charge >= 0.3 is 0 Å². The maximum Gasteiger partial charge on any atom is 0.223 e. The normalized spacial score (nSPS) is 17.9. The number of nitrogens with zero attached hydrogens (tertiary/aromatic N) is 1. The first-order valence-corrected chi connectivity index (χ1v) is 10.7. The smallest absolute Gasteiger partial charge is 0.223 e. The van der Waals surface area contributed by atoms with E-state index in [1.165, 1.54) is 11.1 Å². The Balaban J connectivity index is 1.74. The highest BCUT2D eigenvalue weighted by atomic mass is 35.5. The molecule has 0 saturated carbocycles. The van der Waals surface area contributed by atoms with Crippen molar-refractivity contribution in [2.45, 2.75) is 38.1 Å². The van der Waals surface area contributed by atoms with Crippen LogP contribution in [0.3, 0.4) is 0 Å². The van der Waals surface area contributed by atoms with Crippen LogP contribution in [0.4, 0.5) is 0 Å². The zero-order valence-electron chi connectivity index (χ0n) is 16.5. The Morgan fingerprint density at radius 3 is 2.14 bits per heavy atom. The Labute approximate surface area is 178 Å². The molecule has 0 aromatic heterocycles. The van der Waals surface area contributed by atoms with Crippen LogP contribution in [-0.4, -0.2) is 37.0 Å². The first kappa shape index (κ1) is 21.2. The Morgan fingerprint density at radius 1 is 1.04 bits per heavy atom. The van der Waals surface area contributed by atoms with E-state index in [2.05, 4.69) is 48.5 Å². The summed E-state index contributed by atoms with van der Waals surface area (Å²) in [6, 6.07) is 15.9. The molecule has 1 aliphatic heterocycles. The summed E-state index contributed by atoms with van der Waals surface area (Å²) in [5.74, 6) is 0.448. The first-order valence-electron chi connectivity index (χ1n) is 9.91. The topological polar surface area (TPSA) is 32.3 Å². The average molecular weight is 419 g/mol. The van der Waals surface area contributed by atoms with Gasteiger partial charge in [0.15, 0.2) is 0 Å². The molecule has 0 radical (unpaired) electrons. The number of amides is 1. The third-order valence-corrected chi connectivity index (χ3v) is 6.23. The molecule has 0 bridgehead atoms. The van der Waals surface area contributed by atoms with Crippen LogP contribution >= 0.6 is 23.2 Å². The molecule has 150 valence electrons. The molecule has 1 saturated heterocycles. The summed E-state index contributed by atoms with van der Waals surface area (Å²) in [5.41, 5.74) is 2.38. The number of hydrogen-bond donors (Lipinski definition) is 1. The molecule has 1 fully saturated rings. The summed E-state index contributed by atoms with van der Waals surface area (Å²) in [4.78, 5) is 15.1. The zero-order valence-corrected chi connectivity index (χ0v) is 18.0. The van der Waals surface area contributed by atoms with Crippen molar-refractivity contribution in [3.05, 3.63) is 69.7 Å². The molecule has 1 N–H and O–H groups in total. The second kappa shape index (κ2) is 9.78. The molecule has 5 heteroatoms. The van der Waals surface area contributed by atoms with Crippen LogP contribution in [0.1, 0.15) is 36.8 Å². The molecule has 2 atom stereocenters. The van der Waals surface area contributed by atoms with Gasteiger partial charge < -0.3 is 10.2 Å². The lowest BCUT2D eigenvalue weighted by Crippen LogP contribution is -2.44. The van der Waals surface area contributed by atoms with Crippen molar-refractivity contribution in [3.63, 3.8) is 0 Å². The lowest BCUT2D eigenvalue weighted by molar-refractivity contribution is -0.127. The minimum absolute atomic E-state index is 0.0176. The van der Waals surface area contributed by atoms with Gasteiger partial charge in [-0.25, -0.2) is 0 Å². The molecule has 1 aliphatic rings. The van der Waals surface area contributed by atoms with Crippen molar-refractivity contribution in [2.75, 3.05) is 20.1 Å². The molecule has 28 heavy (non-hydrogen) atoms. The van der Waals surface area contributed by atoms with Crippen LogP contribution in [0.25, 0.3) is 0 Å². The van der Waals surface area contributed by atoms with E-state index in [0.717, 1.165) is 42.4 Å². The number of benzene rings is 2. The summed E-state index contributed by atoms with van der Waals surface area (Å²) >= 11 is 12.1. The second-order valence-electron chi connectivity index (χ2n) is 7.86. The third kappa shape index (κ3) is 5.73. The van der Waals surface area contributed by atoms with Crippen LogP contribution in [0.2, 0.25) is 10.0 Å². The van der Waals surface area contributed by atoms with Crippen molar-refractivity contribution in [2.24, 2.45) is 5.92 Å². The molecule has 3 nitrogen and oxygen atoms in total. The molecule has 0 unspecified atom stereocenters. The third-order valence-electron chi connectivity index (χ3n) is 5.73. The highest BCUT2D eigenvalue weighted by Crippen LogP contribution is 2.27.